The third kappa shape index (κ3) is 43.7. The van der Waals surface area contributed by atoms with Gasteiger partial charge in [0.25, 0.3) is 0 Å². The van der Waals surface area contributed by atoms with Gasteiger partial charge in [0.15, 0.2) is 0 Å². The van der Waals surface area contributed by atoms with E-state index in [1.54, 1.807) is 0 Å². The number of aliphatic carboxylic acids is 1. The summed E-state index contributed by atoms with van der Waals surface area (Å²) < 4.78 is 6.08. The van der Waals surface area contributed by atoms with Crippen LogP contribution in [-0.2, 0) is 19.1 Å². The number of carboxylic acid groups (broad SMARTS) is 1. The molecule has 2 atom stereocenters. The zero-order chi connectivity index (χ0) is 43.8. The molecule has 0 saturated carbocycles. The molecular formula is C53H98N2O5. The summed E-state index contributed by atoms with van der Waals surface area (Å²) in [5, 5.41) is 12.0. The van der Waals surface area contributed by atoms with Crippen LogP contribution in [0.1, 0.15) is 264 Å². The molecule has 0 aromatic rings. The van der Waals surface area contributed by atoms with E-state index in [2.05, 4.69) is 55.6 Å². The fourth-order valence-electron chi connectivity index (χ4n) is 7.77. The number of ether oxygens (including phenoxy) is 1. The summed E-state index contributed by atoms with van der Waals surface area (Å²) in [7, 11) is 0. The van der Waals surface area contributed by atoms with Gasteiger partial charge in [0.2, 0.25) is 5.91 Å². The molecule has 4 N–H and O–H groups in total. The standard InChI is InChI=1S/C53H98N2O5/c1-3-5-7-9-11-13-15-17-19-20-21-22-24-26-28-30-32-37-41-47-52(57)60-49(43-38-34-31-29-27-25-23-18-16-14-12-10-8-6-4-2)44-39-35-33-36-40-46-51(56)55-50(53(58)59)45-42-48-54/h16-19,25,27,49-50H,3-15,20-24,26,28-48,54H2,1-2H3,(H,55,56)(H,58,59)/b18-16-,19-17-,27-25-. The van der Waals surface area contributed by atoms with Crippen molar-refractivity contribution in [3.63, 3.8) is 0 Å². The highest BCUT2D eigenvalue weighted by Gasteiger charge is 2.19. The number of hydrogen-bond donors (Lipinski definition) is 3. The van der Waals surface area contributed by atoms with E-state index >= 15 is 0 Å². The summed E-state index contributed by atoms with van der Waals surface area (Å²) in [5.41, 5.74) is 5.50. The van der Waals surface area contributed by atoms with E-state index in [9.17, 15) is 19.5 Å². The van der Waals surface area contributed by atoms with Gasteiger partial charge in [-0.25, -0.2) is 4.79 Å². The van der Waals surface area contributed by atoms with E-state index in [0.717, 1.165) is 83.5 Å². The molecule has 0 saturated heterocycles. The minimum Gasteiger partial charge on any atom is -0.480 e. The Labute approximate surface area is 371 Å². The molecule has 0 aromatic heterocycles. The van der Waals surface area contributed by atoms with Crippen LogP contribution >= 0.6 is 0 Å². The van der Waals surface area contributed by atoms with Crippen LogP contribution in [0.2, 0.25) is 0 Å². The lowest BCUT2D eigenvalue weighted by Gasteiger charge is -2.18. The molecule has 60 heavy (non-hydrogen) atoms. The van der Waals surface area contributed by atoms with Crippen molar-refractivity contribution in [1.82, 2.24) is 5.32 Å². The second kappa shape index (κ2) is 47.6. The summed E-state index contributed by atoms with van der Waals surface area (Å²) in [6, 6.07) is -0.860. The second-order valence-corrected chi connectivity index (χ2v) is 17.6. The molecule has 0 aromatic carbocycles. The zero-order valence-electron chi connectivity index (χ0n) is 39.6. The molecule has 350 valence electrons. The first-order valence-corrected chi connectivity index (χ1v) is 25.8. The smallest absolute Gasteiger partial charge is 0.326 e. The highest BCUT2D eigenvalue weighted by Crippen LogP contribution is 2.19. The molecule has 0 bridgehead atoms. The number of hydrogen-bond acceptors (Lipinski definition) is 5. The van der Waals surface area contributed by atoms with Crippen LogP contribution < -0.4 is 11.1 Å². The van der Waals surface area contributed by atoms with Gasteiger partial charge in [-0.2, -0.15) is 0 Å². The van der Waals surface area contributed by atoms with Gasteiger partial charge in [-0.15, -0.1) is 0 Å². The number of amides is 1. The number of carbonyl (C=O) groups excluding carboxylic acids is 2. The molecule has 0 aliphatic heterocycles. The Morgan fingerprint density at radius 2 is 0.867 bits per heavy atom. The Bertz CT molecular complexity index is 1040. The number of carbonyl (C=O) groups is 3. The van der Waals surface area contributed by atoms with Crippen molar-refractivity contribution in [2.24, 2.45) is 5.73 Å². The third-order valence-corrected chi connectivity index (χ3v) is 11.7. The van der Waals surface area contributed by atoms with Crippen molar-refractivity contribution in [3.05, 3.63) is 36.5 Å². The van der Waals surface area contributed by atoms with Crippen molar-refractivity contribution < 1.29 is 24.2 Å². The molecule has 0 heterocycles. The largest absolute Gasteiger partial charge is 0.480 e. The van der Waals surface area contributed by atoms with Crippen LogP contribution in [0.3, 0.4) is 0 Å². The van der Waals surface area contributed by atoms with Crippen LogP contribution in [0, 0.1) is 0 Å². The SMILES string of the molecule is CCCCCCC/C=C\C/C=C\CCCCCC(CCCCCCCC(=O)NC(CCCN)C(=O)O)OC(=O)CCCCCCCCCCC/C=C\CCCCCCCC. The first-order valence-electron chi connectivity index (χ1n) is 25.8. The van der Waals surface area contributed by atoms with E-state index in [4.69, 9.17) is 10.5 Å². The maximum Gasteiger partial charge on any atom is 0.326 e. The number of nitrogens with two attached hydrogens (primary N) is 1. The Kier molecular flexibility index (Phi) is 45.7. The predicted molar refractivity (Wildman–Crippen MR) is 257 cm³/mol. The van der Waals surface area contributed by atoms with Crippen LogP contribution in [0.4, 0.5) is 0 Å². The van der Waals surface area contributed by atoms with Gasteiger partial charge in [-0.05, 0) is 116 Å². The maximum absolute atomic E-state index is 12.9. The quantitative estimate of drug-likeness (QED) is 0.0319. The molecule has 7 nitrogen and oxygen atoms in total. The molecule has 0 aliphatic carbocycles. The third-order valence-electron chi connectivity index (χ3n) is 11.7. The van der Waals surface area contributed by atoms with Gasteiger partial charge in [0, 0.05) is 12.8 Å². The molecule has 2 unspecified atom stereocenters. The van der Waals surface area contributed by atoms with Crippen molar-refractivity contribution in [2.75, 3.05) is 6.54 Å². The maximum atomic E-state index is 12.9. The van der Waals surface area contributed by atoms with E-state index in [1.807, 2.05) is 0 Å². The van der Waals surface area contributed by atoms with E-state index in [1.165, 1.54) is 141 Å². The first kappa shape index (κ1) is 57.6. The molecule has 0 fully saturated rings. The van der Waals surface area contributed by atoms with Crippen molar-refractivity contribution in [1.29, 1.82) is 0 Å². The summed E-state index contributed by atoms with van der Waals surface area (Å²) in [6.07, 6.45) is 57.7. The fourth-order valence-corrected chi connectivity index (χ4v) is 7.77. The van der Waals surface area contributed by atoms with Gasteiger partial charge in [0.05, 0.1) is 0 Å². The number of allylic oxidation sites excluding steroid dienone is 6. The van der Waals surface area contributed by atoms with Gasteiger partial charge >= 0.3 is 11.9 Å². The van der Waals surface area contributed by atoms with E-state index in [-0.39, 0.29) is 18.0 Å². The van der Waals surface area contributed by atoms with Crippen molar-refractivity contribution in [3.8, 4) is 0 Å². The molecule has 1 amide bonds. The monoisotopic (exact) mass is 843 g/mol. The Morgan fingerprint density at radius 3 is 1.32 bits per heavy atom. The summed E-state index contributed by atoms with van der Waals surface area (Å²) >= 11 is 0. The topological polar surface area (TPSA) is 119 Å². The van der Waals surface area contributed by atoms with Gasteiger partial charge < -0.3 is 20.9 Å². The number of rotatable bonds is 47. The minimum atomic E-state index is -1.00. The Balaban J connectivity index is 4.32. The second-order valence-electron chi connectivity index (χ2n) is 17.6. The molecule has 7 heteroatoms. The molecule has 0 radical (unpaired) electrons. The first-order chi connectivity index (χ1) is 29.4. The minimum absolute atomic E-state index is 0.0109. The Hall–Kier alpha value is -2.41. The lowest BCUT2D eigenvalue weighted by atomic mass is 10.0. The van der Waals surface area contributed by atoms with Gasteiger partial charge in [-0.1, -0.05) is 179 Å². The Morgan fingerprint density at radius 1 is 0.483 bits per heavy atom. The highest BCUT2D eigenvalue weighted by atomic mass is 16.5. The fraction of sp³-hybridized carbons (Fsp3) is 0.830. The van der Waals surface area contributed by atoms with Crippen molar-refractivity contribution >= 4 is 17.8 Å². The highest BCUT2D eigenvalue weighted by molar-refractivity contribution is 5.83. The summed E-state index contributed by atoms with van der Waals surface area (Å²) in [5.74, 6) is -1.24. The van der Waals surface area contributed by atoms with Crippen LogP contribution in [0.5, 0.6) is 0 Å². The molecule has 0 rings (SSSR count). The predicted octanol–water partition coefficient (Wildman–Crippen LogP) is 15.3. The molecular weight excluding hydrogens is 745 g/mol. The lowest BCUT2D eigenvalue weighted by Crippen LogP contribution is -2.40. The van der Waals surface area contributed by atoms with E-state index in [0.29, 0.717) is 32.2 Å². The summed E-state index contributed by atoms with van der Waals surface area (Å²) in [4.78, 5) is 36.6. The average Bonchev–Trinajstić information content (AvgIpc) is 3.23. The number of nitrogens with one attached hydrogen (secondary N) is 1. The zero-order valence-corrected chi connectivity index (χ0v) is 39.6. The van der Waals surface area contributed by atoms with Crippen LogP contribution in [-0.4, -0.2) is 41.6 Å². The van der Waals surface area contributed by atoms with Crippen LogP contribution in [0.25, 0.3) is 0 Å². The molecule has 0 aliphatic rings. The van der Waals surface area contributed by atoms with Gasteiger partial charge in [-0.3, -0.25) is 9.59 Å². The normalized spacial score (nSPS) is 12.8. The lowest BCUT2D eigenvalue weighted by molar-refractivity contribution is -0.150. The number of esters is 1. The van der Waals surface area contributed by atoms with Crippen molar-refractivity contribution in [2.45, 2.75) is 276 Å². The van der Waals surface area contributed by atoms with E-state index < -0.39 is 12.0 Å². The molecule has 0 spiro atoms. The number of carboxylic acids is 1. The number of unbranched alkanes of at least 4 members (excludes halogenated alkanes) is 27. The van der Waals surface area contributed by atoms with Gasteiger partial charge in [0.1, 0.15) is 12.1 Å². The summed E-state index contributed by atoms with van der Waals surface area (Å²) in [6.45, 7) is 4.95. The van der Waals surface area contributed by atoms with Crippen LogP contribution in [0.15, 0.2) is 36.5 Å². The average molecular weight is 843 g/mol.